The zero-order valence-electron chi connectivity index (χ0n) is 16.6. The molecule has 0 bridgehead atoms. The summed E-state index contributed by atoms with van der Waals surface area (Å²) in [7, 11) is 0. The SMILES string of the molecule is Cc1ccc(Cn2c(SCC(=O)Nc3nc(C)cs3)nc3ccccc3c2=O)cc1. The molecule has 4 aromatic rings. The average Bonchev–Trinajstić information content (AvgIpc) is 3.15. The maximum Gasteiger partial charge on any atom is 0.262 e. The van der Waals surface area contributed by atoms with Crippen molar-refractivity contribution in [2.75, 3.05) is 11.1 Å². The topological polar surface area (TPSA) is 76.9 Å². The number of nitrogens with zero attached hydrogens (tertiary/aromatic N) is 3. The van der Waals surface area contributed by atoms with Gasteiger partial charge in [-0.05, 0) is 31.5 Å². The Bertz CT molecular complexity index is 1260. The van der Waals surface area contributed by atoms with Crippen molar-refractivity contribution >= 4 is 45.0 Å². The van der Waals surface area contributed by atoms with Crippen LogP contribution in [0.15, 0.2) is 63.9 Å². The number of carbonyl (C=O) groups excluding carboxylic acids is 1. The van der Waals surface area contributed by atoms with Gasteiger partial charge in [0.15, 0.2) is 10.3 Å². The summed E-state index contributed by atoms with van der Waals surface area (Å²) in [4.78, 5) is 34.4. The maximum absolute atomic E-state index is 13.2. The van der Waals surface area contributed by atoms with E-state index in [9.17, 15) is 9.59 Å². The van der Waals surface area contributed by atoms with Gasteiger partial charge in [-0.15, -0.1) is 11.3 Å². The van der Waals surface area contributed by atoms with E-state index < -0.39 is 0 Å². The van der Waals surface area contributed by atoms with E-state index in [0.717, 1.165) is 16.8 Å². The minimum absolute atomic E-state index is 0.111. The second-order valence-electron chi connectivity index (χ2n) is 6.92. The van der Waals surface area contributed by atoms with Crippen molar-refractivity contribution in [3.63, 3.8) is 0 Å². The van der Waals surface area contributed by atoms with Gasteiger partial charge >= 0.3 is 0 Å². The second kappa shape index (κ2) is 8.81. The van der Waals surface area contributed by atoms with Crippen LogP contribution in [-0.4, -0.2) is 26.2 Å². The lowest BCUT2D eigenvalue weighted by molar-refractivity contribution is -0.113. The average molecular weight is 437 g/mol. The first-order chi connectivity index (χ1) is 14.5. The highest BCUT2D eigenvalue weighted by molar-refractivity contribution is 7.99. The summed E-state index contributed by atoms with van der Waals surface area (Å²) in [5.74, 6) is -0.0456. The fourth-order valence-corrected chi connectivity index (χ4v) is 4.47. The lowest BCUT2D eigenvalue weighted by atomic mass is 10.1. The van der Waals surface area contributed by atoms with Crippen molar-refractivity contribution in [3.8, 4) is 0 Å². The molecule has 1 amide bonds. The molecule has 0 fully saturated rings. The van der Waals surface area contributed by atoms with Crippen LogP contribution in [0.5, 0.6) is 0 Å². The molecule has 152 valence electrons. The Labute approximate surface area is 182 Å². The van der Waals surface area contributed by atoms with E-state index in [1.807, 2.05) is 61.7 Å². The van der Waals surface area contributed by atoms with Crippen LogP contribution in [0.3, 0.4) is 0 Å². The molecule has 0 radical (unpaired) electrons. The number of thiazole rings is 1. The predicted molar refractivity (Wildman–Crippen MR) is 122 cm³/mol. The van der Waals surface area contributed by atoms with Gasteiger partial charge in [-0.1, -0.05) is 53.7 Å². The van der Waals surface area contributed by atoms with Gasteiger partial charge in [0.2, 0.25) is 5.91 Å². The Morgan fingerprint density at radius 2 is 1.87 bits per heavy atom. The molecule has 1 N–H and O–H groups in total. The molecule has 2 aromatic heterocycles. The Balaban J connectivity index is 1.62. The smallest absolute Gasteiger partial charge is 0.262 e. The van der Waals surface area contributed by atoms with Crippen LogP contribution in [-0.2, 0) is 11.3 Å². The third-order valence-corrected chi connectivity index (χ3v) is 6.34. The molecule has 0 spiro atoms. The standard InChI is InChI=1S/C22H20N4O2S2/c1-14-7-9-16(10-8-14)11-26-20(28)17-5-3-4-6-18(17)24-22(26)30-13-19(27)25-21-23-15(2)12-29-21/h3-10,12H,11,13H2,1-2H3,(H,23,25,27). The van der Waals surface area contributed by atoms with Crippen molar-refractivity contribution in [2.45, 2.75) is 25.5 Å². The Kier molecular flexibility index (Phi) is 5.96. The maximum atomic E-state index is 13.2. The van der Waals surface area contributed by atoms with Crippen LogP contribution >= 0.6 is 23.1 Å². The summed E-state index contributed by atoms with van der Waals surface area (Å²) in [6.07, 6.45) is 0. The Morgan fingerprint density at radius 3 is 2.60 bits per heavy atom. The van der Waals surface area contributed by atoms with E-state index in [1.54, 1.807) is 10.6 Å². The van der Waals surface area contributed by atoms with E-state index in [2.05, 4.69) is 15.3 Å². The molecule has 2 heterocycles. The van der Waals surface area contributed by atoms with Crippen LogP contribution in [0, 0.1) is 13.8 Å². The summed E-state index contributed by atoms with van der Waals surface area (Å²) in [6.45, 7) is 4.30. The quantitative estimate of drug-likeness (QED) is 0.361. The van der Waals surface area contributed by atoms with Crippen molar-refractivity contribution < 1.29 is 4.79 Å². The lowest BCUT2D eigenvalue weighted by Crippen LogP contribution is -2.24. The number of anilines is 1. The van der Waals surface area contributed by atoms with Gasteiger partial charge in [0.25, 0.3) is 5.56 Å². The van der Waals surface area contributed by atoms with E-state index in [-0.39, 0.29) is 17.2 Å². The number of thioether (sulfide) groups is 1. The highest BCUT2D eigenvalue weighted by Crippen LogP contribution is 2.20. The van der Waals surface area contributed by atoms with E-state index in [1.165, 1.54) is 23.1 Å². The van der Waals surface area contributed by atoms with Gasteiger partial charge in [0.1, 0.15) is 0 Å². The molecular weight excluding hydrogens is 416 g/mol. The highest BCUT2D eigenvalue weighted by Gasteiger charge is 2.14. The zero-order valence-corrected chi connectivity index (χ0v) is 18.2. The minimum atomic E-state index is -0.182. The van der Waals surface area contributed by atoms with Crippen LogP contribution in [0.4, 0.5) is 5.13 Å². The Hall–Kier alpha value is -2.97. The number of hydrogen-bond acceptors (Lipinski definition) is 6. The van der Waals surface area contributed by atoms with Gasteiger partial charge in [0, 0.05) is 5.38 Å². The minimum Gasteiger partial charge on any atom is -0.301 e. The molecular formula is C22H20N4O2S2. The number of benzene rings is 2. The molecule has 0 saturated carbocycles. The lowest BCUT2D eigenvalue weighted by Gasteiger charge is -2.13. The molecule has 0 aliphatic carbocycles. The zero-order chi connectivity index (χ0) is 21.1. The number of aromatic nitrogens is 3. The highest BCUT2D eigenvalue weighted by atomic mass is 32.2. The summed E-state index contributed by atoms with van der Waals surface area (Å²) in [5, 5.41) is 6.33. The Morgan fingerprint density at radius 1 is 1.10 bits per heavy atom. The first kappa shape index (κ1) is 20.3. The first-order valence-corrected chi connectivity index (χ1v) is 11.3. The summed E-state index contributed by atoms with van der Waals surface area (Å²) in [6, 6.07) is 15.3. The molecule has 6 nitrogen and oxygen atoms in total. The van der Waals surface area contributed by atoms with Gasteiger partial charge in [0.05, 0.1) is 28.9 Å². The van der Waals surface area contributed by atoms with Crippen LogP contribution in [0.2, 0.25) is 0 Å². The normalized spacial score (nSPS) is 11.0. The summed E-state index contributed by atoms with van der Waals surface area (Å²) in [5.41, 5.74) is 3.54. The summed E-state index contributed by atoms with van der Waals surface area (Å²) >= 11 is 2.64. The molecule has 30 heavy (non-hydrogen) atoms. The number of para-hydroxylation sites is 1. The fourth-order valence-electron chi connectivity index (χ4n) is 2.97. The number of aryl methyl sites for hydroxylation is 2. The van der Waals surface area contributed by atoms with Crippen LogP contribution in [0.1, 0.15) is 16.8 Å². The molecule has 8 heteroatoms. The van der Waals surface area contributed by atoms with E-state index in [0.29, 0.717) is 27.7 Å². The van der Waals surface area contributed by atoms with Crippen molar-refractivity contribution in [2.24, 2.45) is 0 Å². The van der Waals surface area contributed by atoms with Gasteiger partial charge in [-0.3, -0.25) is 14.2 Å². The number of nitrogens with one attached hydrogen (secondary N) is 1. The van der Waals surface area contributed by atoms with E-state index >= 15 is 0 Å². The third kappa shape index (κ3) is 4.60. The fraction of sp³-hybridized carbons (Fsp3) is 0.182. The van der Waals surface area contributed by atoms with Crippen LogP contribution in [0.25, 0.3) is 10.9 Å². The van der Waals surface area contributed by atoms with Crippen molar-refractivity contribution in [3.05, 3.63) is 81.1 Å². The molecule has 2 aromatic carbocycles. The summed E-state index contributed by atoms with van der Waals surface area (Å²) < 4.78 is 1.64. The van der Waals surface area contributed by atoms with E-state index in [4.69, 9.17) is 0 Å². The van der Waals surface area contributed by atoms with Crippen molar-refractivity contribution in [1.29, 1.82) is 0 Å². The molecule has 4 rings (SSSR count). The number of fused-ring (bicyclic) bond motifs is 1. The third-order valence-electron chi connectivity index (χ3n) is 4.49. The number of hydrogen-bond donors (Lipinski definition) is 1. The predicted octanol–water partition coefficient (Wildman–Crippen LogP) is 4.25. The second-order valence-corrected chi connectivity index (χ2v) is 8.72. The molecule has 0 unspecified atom stereocenters. The molecule has 0 aliphatic heterocycles. The number of carbonyl (C=O) groups is 1. The van der Waals surface area contributed by atoms with Gasteiger partial charge in [-0.25, -0.2) is 9.97 Å². The number of amides is 1. The van der Waals surface area contributed by atoms with Crippen molar-refractivity contribution in [1.82, 2.24) is 14.5 Å². The molecule has 0 saturated heterocycles. The monoisotopic (exact) mass is 436 g/mol. The largest absolute Gasteiger partial charge is 0.301 e. The van der Waals surface area contributed by atoms with Gasteiger partial charge in [-0.2, -0.15) is 0 Å². The molecule has 0 atom stereocenters. The van der Waals surface area contributed by atoms with Crippen LogP contribution < -0.4 is 10.9 Å². The van der Waals surface area contributed by atoms with Gasteiger partial charge < -0.3 is 5.32 Å². The molecule has 0 aliphatic rings. The number of rotatable bonds is 6. The first-order valence-electron chi connectivity index (χ1n) is 9.39.